The van der Waals surface area contributed by atoms with Gasteiger partial charge >= 0.3 is 0 Å². The standard InChI is InChI=1S/C14H18N4/c1-14(6-2-3-7-14)18-13-11-8-10(15)4-5-12(11)16-9-17-13/h4-5,8-9H,2-3,6-7,15H2,1H3,(H,16,17,18). The predicted octanol–water partition coefficient (Wildman–Crippen LogP) is 2.96. The molecule has 2 aromatic rings. The van der Waals surface area contributed by atoms with Gasteiger partial charge in [0.05, 0.1) is 5.52 Å². The summed E-state index contributed by atoms with van der Waals surface area (Å²) in [4.78, 5) is 8.65. The molecule has 1 fully saturated rings. The maximum Gasteiger partial charge on any atom is 0.137 e. The first-order chi connectivity index (χ1) is 8.66. The molecule has 0 atom stereocenters. The van der Waals surface area contributed by atoms with Crippen LogP contribution in [0.4, 0.5) is 11.5 Å². The number of nitrogens with one attached hydrogen (secondary N) is 1. The lowest BCUT2D eigenvalue weighted by Crippen LogP contribution is -2.31. The van der Waals surface area contributed by atoms with Crippen molar-refractivity contribution in [1.82, 2.24) is 9.97 Å². The maximum absolute atomic E-state index is 5.85. The third-order valence-corrected chi connectivity index (χ3v) is 3.79. The Kier molecular flexibility index (Phi) is 2.58. The third kappa shape index (κ3) is 1.98. The van der Waals surface area contributed by atoms with Gasteiger partial charge in [-0.2, -0.15) is 0 Å². The van der Waals surface area contributed by atoms with Gasteiger partial charge in [-0.05, 0) is 38.0 Å². The largest absolute Gasteiger partial charge is 0.399 e. The highest BCUT2D eigenvalue weighted by Crippen LogP contribution is 2.33. The highest BCUT2D eigenvalue weighted by molar-refractivity contribution is 5.91. The van der Waals surface area contributed by atoms with E-state index in [1.165, 1.54) is 25.7 Å². The molecule has 1 aliphatic rings. The molecule has 3 rings (SSSR count). The fourth-order valence-electron chi connectivity index (χ4n) is 2.74. The number of nitrogens with zero attached hydrogens (tertiary/aromatic N) is 2. The van der Waals surface area contributed by atoms with Crippen molar-refractivity contribution in [2.75, 3.05) is 11.1 Å². The number of rotatable bonds is 2. The van der Waals surface area contributed by atoms with Crippen LogP contribution in [0.3, 0.4) is 0 Å². The lowest BCUT2D eigenvalue weighted by atomic mass is 10.0. The molecule has 0 saturated heterocycles. The summed E-state index contributed by atoms with van der Waals surface area (Å²) in [6, 6.07) is 5.75. The zero-order valence-corrected chi connectivity index (χ0v) is 10.6. The minimum atomic E-state index is 0.159. The molecule has 1 aliphatic carbocycles. The molecule has 0 amide bonds. The van der Waals surface area contributed by atoms with E-state index in [4.69, 9.17) is 5.73 Å². The summed E-state index contributed by atoms with van der Waals surface area (Å²) in [7, 11) is 0. The van der Waals surface area contributed by atoms with Gasteiger partial charge in [0, 0.05) is 16.6 Å². The van der Waals surface area contributed by atoms with Gasteiger partial charge in [-0.3, -0.25) is 0 Å². The second kappa shape index (κ2) is 4.12. The molecule has 1 heterocycles. The zero-order chi connectivity index (χ0) is 12.6. The first-order valence-corrected chi connectivity index (χ1v) is 6.45. The minimum Gasteiger partial charge on any atom is -0.399 e. The van der Waals surface area contributed by atoms with Gasteiger partial charge in [0.25, 0.3) is 0 Å². The first kappa shape index (κ1) is 11.3. The average Bonchev–Trinajstić information content (AvgIpc) is 2.77. The molecule has 1 aromatic carbocycles. The van der Waals surface area contributed by atoms with E-state index in [0.29, 0.717) is 0 Å². The number of aromatic nitrogens is 2. The maximum atomic E-state index is 5.85. The molecule has 4 nitrogen and oxygen atoms in total. The van der Waals surface area contributed by atoms with Crippen LogP contribution >= 0.6 is 0 Å². The Morgan fingerprint density at radius 2 is 2.00 bits per heavy atom. The Hall–Kier alpha value is -1.84. The molecule has 1 saturated carbocycles. The van der Waals surface area contributed by atoms with Crippen molar-refractivity contribution in [2.24, 2.45) is 0 Å². The zero-order valence-electron chi connectivity index (χ0n) is 10.6. The Morgan fingerprint density at radius 1 is 1.22 bits per heavy atom. The summed E-state index contributed by atoms with van der Waals surface area (Å²) in [5, 5.41) is 4.59. The van der Waals surface area contributed by atoms with Gasteiger partial charge in [0.1, 0.15) is 12.1 Å². The van der Waals surface area contributed by atoms with Crippen LogP contribution in [0.15, 0.2) is 24.5 Å². The van der Waals surface area contributed by atoms with Crippen LogP contribution in [-0.2, 0) is 0 Å². The van der Waals surface area contributed by atoms with Crippen molar-refractivity contribution in [1.29, 1.82) is 0 Å². The van der Waals surface area contributed by atoms with Crippen molar-refractivity contribution in [3.05, 3.63) is 24.5 Å². The molecule has 0 aliphatic heterocycles. The summed E-state index contributed by atoms with van der Waals surface area (Å²) >= 11 is 0. The Morgan fingerprint density at radius 3 is 2.78 bits per heavy atom. The second-order valence-corrected chi connectivity index (χ2v) is 5.39. The molecule has 4 heteroatoms. The van der Waals surface area contributed by atoms with Gasteiger partial charge < -0.3 is 11.1 Å². The van der Waals surface area contributed by atoms with Crippen LogP contribution < -0.4 is 11.1 Å². The highest BCUT2D eigenvalue weighted by atomic mass is 15.1. The average molecular weight is 242 g/mol. The SMILES string of the molecule is CC1(Nc2ncnc3ccc(N)cc23)CCCC1. The van der Waals surface area contributed by atoms with Crippen LogP contribution in [0.2, 0.25) is 0 Å². The number of fused-ring (bicyclic) bond motifs is 1. The smallest absolute Gasteiger partial charge is 0.137 e. The van der Waals surface area contributed by atoms with Gasteiger partial charge in [-0.15, -0.1) is 0 Å². The van der Waals surface area contributed by atoms with E-state index in [2.05, 4.69) is 22.2 Å². The molecule has 0 unspecified atom stereocenters. The molecule has 0 radical (unpaired) electrons. The summed E-state index contributed by atoms with van der Waals surface area (Å²) in [5.74, 6) is 0.900. The van der Waals surface area contributed by atoms with Gasteiger partial charge in [-0.1, -0.05) is 12.8 Å². The minimum absolute atomic E-state index is 0.159. The summed E-state index contributed by atoms with van der Waals surface area (Å²) < 4.78 is 0. The molecular weight excluding hydrogens is 224 g/mol. The van der Waals surface area contributed by atoms with Crippen LogP contribution in [0, 0.1) is 0 Å². The Bertz CT molecular complexity index is 573. The van der Waals surface area contributed by atoms with Crippen molar-refractivity contribution in [3.8, 4) is 0 Å². The van der Waals surface area contributed by atoms with Crippen LogP contribution in [-0.4, -0.2) is 15.5 Å². The summed E-state index contributed by atoms with van der Waals surface area (Å²) in [6.07, 6.45) is 6.57. The number of hydrogen-bond acceptors (Lipinski definition) is 4. The van der Waals surface area contributed by atoms with Crippen LogP contribution in [0.25, 0.3) is 10.9 Å². The van der Waals surface area contributed by atoms with Crippen molar-refractivity contribution in [2.45, 2.75) is 38.1 Å². The van der Waals surface area contributed by atoms with Crippen molar-refractivity contribution in [3.63, 3.8) is 0 Å². The molecule has 1 aromatic heterocycles. The van der Waals surface area contributed by atoms with Gasteiger partial charge in [0.2, 0.25) is 0 Å². The molecule has 0 bridgehead atoms. The Balaban J connectivity index is 2.03. The van der Waals surface area contributed by atoms with Gasteiger partial charge in [-0.25, -0.2) is 9.97 Å². The van der Waals surface area contributed by atoms with Gasteiger partial charge in [0.15, 0.2) is 0 Å². The fraction of sp³-hybridized carbons (Fsp3) is 0.429. The van der Waals surface area contributed by atoms with E-state index in [-0.39, 0.29) is 5.54 Å². The van der Waals surface area contributed by atoms with Crippen LogP contribution in [0.1, 0.15) is 32.6 Å². The van der Waals surface area contributed by atoms with E-state index in [1.54, 1.807) is 6.33 Å². The van der Waals surface area contributed by atoms with Crippen LogP contribution in [0.5, 0.6) is 0 Å². The molecule has 94 valence electrons. The predicted molar refractivity (Wildman–Crippen MR) is 74.4 cm³/mol. The molecule has 3 N–H and O–H groups in total. The fourth-order valence-corrected chi connectivity index (χ4v) is 2.74. The topological polar surface area (TPSA) is 63.8 Å². The van der Waals surface area contributed by atoms with Crippen molar-refractivity contribution >= 4 is 22.4 Å². The second-order valence-electron chi connectivity index (χ2n) is 5.39. The van der Waals surface area contributed by atoms with Crippen molar-refractivity contribution < 1.29 is 0 Å². The number of nitrogens with two attached hydrogens (primary N) is 1. The quantitative estimate of drug-likeness (QED) is 0.795. The summed E-state index contributed by atoms with van der Waals surface area (Å²) in [5.41, 5.74) is 7.69. The molecular formula is C14H18N4. The van der Waals surface area contributed by atoms with E-state index in [0.717, 1.165) is 22.4 Å². The van der Waals surface area contributed by atoms with E-state index >= 15 is 0 Å². The molecule has 0 spiro atoms. The number of benzene rings is 1. The first-order valence-electron chi connectivity index (χ1n) is 6.45. The number of hydrogen-bond donors (Lipinski definition) is 2. The monoisotopic (exact) mass is 242 g/mol. The highest BCUT2D eigenvalue weighted by Gasteiger charge is 2.29. The van der Waals surface area contributed by atoms with E-state index in [1.807, 2.05) is 18.2 Å². The normalized spacial score (nSPS) is 18.1. The number of anilines is 2. The number of nitrogen functional groups attached to an aromatic ring is 1. The summed E-state index contributed by atoms with van der Waals surface area (Å²) in [6.45, 7) is 2.26. The van der Waals surface area contributed by atoms with E-state index < -0.39 is 0 Å². The molecule has 18 heavy (non-hydrogen) atoms. The lowest BCUT2D eigenvalue weighted by molar-refractivity contribution is 0.531. The third-order valence-electron chi connectivity index (χ3n) is 3.79. The Labute approximate surface area is 107 Å². The lowest BCUT2D eigenvalue weighted by Gasteiger charge is -2.26. The van der Waals surface area contributed by atoms with E-state index in [9.17, 15) is 0 Å².